The zero-order chi connectivity index (χ0) is 9.68. The third-order valence-electron chi connectivity index (χ3n) is 1.82. The standard InChI is InChI=1S/C12H16O/c1-10(2)8-9-13-12-7-5-4-6-11(12)3/h4-8H,9H2,1-3H3. The van der Waals surface area contributed by atoms with Crippen molar-refractivity contribution in [3.05, 3.63) is 41.5 Å². The van der Waals surface area contributed by atoms with E-state index in [0.29, 0.717) is 6.61 Å². The van der Waals surface area contributed by atoms with Crippen LogP contribution in [0.2, 0.25) is 0 Å². The molecule has 0 heterocycles. The number of para-hydroxylation sites is 1. The number of rotatable bonds is 3. The highest BCUT2D eigenvalue weighted by atomic mass is 16.5. The van der Waals surface area contributed by atoms with E-state index >= 15 is 0 Å². The molecule has 0 radical (unpaired) electrons. The minimum atomic E-state index is 0.660. The summed E-state index contributed by atoms with van der Waals surface area (Å²) in [5, 5.41) is 0. The monoisotopic (exact) mass is 176 g/mol. The second-order valence-electron chi connectivity index (χ2n) is 3.36. The summed E-state index contributed by atoms with van der Waals surface area (Å²) in [6.45, 7) is 6.85. The van der Waals surface area contributed by atoms with E-state index in [0.717, 1.165) is 5.75 Å². The molecule has 70 valence electrons. The van der Waals surface area contributed by atoms with Gasteiger partial charge in [-0.25, -0.2) is 0 Å². The van der Waals surface area contributed by atoms with Gasteiger partial charge in [0.1, 0.15) is 12.4 Å². The van der Waals surface area contributed by atoms with Crippen LogP contribution in [-0.2, 0) is 0 Å². The van der Waals surface area contributed by atoms with Crippen molar-refractivity contribution >= 4 is 0 Å². The number of aryl methyl sites for hydroxylation is 1. The first-order valence-corrected chi connectivity index (χ1v) is 4.52. The Balaban J connectivity index is 2.55. The molecule has 1 nitrogen and oxygen atoms in total. The van der Waals surface area contributed by atoms with Crippen LogP contribution in [0, 0.1) is 6.92 Å². The number of benzene rings is 1. The van der Waals surface area contributed by atoms with Crippen LogP contribution in [0.25, 0.3) is 0 Å². The van der Waals surface area contributed by atoms with Crippen LogP contribution in [0.1, 0.15) is 19.4 Å². The normalized spacial score (nSPS) is 9.46. The largest absolute Gasteiger partial charge is 0.489 e. The third kappa shape index (κ3) is 3.32. The summed E-state index contributed by atoms with van der Waals surface area (Å²) in [5.74, 6) is 0.972. The highest BCUT2D eigenvalue weighted by Crippen LogP contribution is 2.15. The molecule has 0 N–H and O–H groups in total. The van der Waals surface area contributed by atoms with Crippen LogP contribution >= 0.6 is 0 Å². The van der Waals surface area contributed by atoms with Gasteiger partial charge in [0.15, 0.2) is 0 Å². The molecule has 0 aliphatic carbocycles. The second kappa shape index (κ2) is 4.70. The van der Waals surface area contributed by atoms with E-state index in [1.165, 1.54) is 11.1 Å². The first-order valence-electron chi connectivity index (χ1n) is 4.52. The molecule has 1 heteroatoms. The van der Waals surface area contributed by atoms with Gasteiger partial charge in [-0.1, -0.05) is 23.8 Å². The molecule has 0 aliphatic rings. The molecule has 0 fully saturated rings. The van der Waals surface area contributed by atoms with Crippen molar-refractivity contribution in [1.82, 2.24) is 0 Å². The van der Waals surface area contributed by atoms with Gasteiger partial charge in [-0.2, -0.15) is 0 Å². The van der Waals surface area contributed by atoms with Gasteiger partial charge in [0, 0.05) is 0 Å². The molecule has 0 saturated heterocycles. The highest BCUT2D eigenvalue weighted by Gasteiger charge is 1.94. The Kier molecular flexibility index (Phi) is 3.56. The molecule has 0 saturated carbocycles. The Bertz CT molecular complexity index is 296. The lowest BCUT2D eigenvalue weighted by atomic mass is 10.2. The lowest BCUT2D eigenvalue weighted by Crippen LogP contribution is -1.95. The summed E-state index contributed by atoms with van der Waals surface area (Å²) in [4.78, 5) is 0. The molecule has 13 heavy (non-hydrogen) atoms. The SMILES string of the molecule is CC(C)=CCOc1ccccc1C. The van der Waals surface area contributed by atoms with Crippen LogP contribution in [0.5, 0.6) is 5.75 Å². The fourth-order valence-corrected chi connectivity index (χ4v) is 1.02. The van der Waals surface area contributed by atoms with E-state index in [4.69, 9.17) is 4.74 Å². The van der Waals surface area contributed by atoms with E-state index in [9.17, 15) is 0 Å². The van der Waals surface area contributed by atoms with Crippen molar-refractivity contribution in [2.45, 2.75) is 20.8 Å². The highest BCUT2D eigenvalue weighted by molar-refractivity contribution is 5.31. The molecule has 0 unspecified atom stereocenters. The van der Waals surface area contributed by atoms with Crippen LogP contribution < -0.4 is 4.74 Å². The Labute approximate surface area is 80.0 Å². The van der Waals surface area contributed by atoms with Gasteiger partial charge in [0.2, 0.25) is 0 Å². The van der Waals surface area contributed by atoms with Crippen LogP contribution in [-0.4, -0.2) is 6.61 Å². The Hall–Kier alpha value is -1.24. The van der Waals surface area contributed by atoms with Crippen molar-refractivity contribution in [3.8, 4) is 5.75 Å². The van der Waals surface area contributed by atoms with E-state index in [-0.39, 0.29) is 0 Å². The molecular formula is C12H16O. The fourth-order valence-electron chi connectivity index (χ4n) is 1.02. The Morgan fingerprint density at radius 1 is 1.31 bits per heavy atom. The first kappa shape index (κ1) is 9.85. The predicted octanol–water partition coefficient (Wildman–Crippen LogP) is 3.34. The maximum absolute atomic E-state index is 5.57. The van der Waals surface area contributed by atoms with Crippen LogP contribution in [0.3, 0.4) is 0 Å². The lowest BCUT2D eigenvalue weighted by molar-refractivity contribution is 0.359. The predicted molar refractivity (Wildman–Crippen MR) is 56.1 cm³/mol. The molecule has 0 aliphatic heterocycles. The molecule has 0 amide bonds. The van der Waals surface area contributed by atoms with Crippen LogP contribution in [0.4, 0.5) is 0 Å². The van der Waals surface area contributed by atoms with Gasteiger partial charge >= 0.3 is 0 Å². The average molecular weight is 176 g/mol. The number of allylic oxidation sites excluding steroid dienone is 1. The van der Waals surface area contributed by atoms with E-state index < -0.39 is 0 Å². The molecule has 0 atom stereocenters. The lowest BCUT2D eigenvalue weighted by Gasteiger charge is -2.05. The number of hydrogen-bond acceptors (Lipinski definition) is 1. The Morgan fingerprint density at radius 3 is 2.62 bits per heavy atom. The summed E-state index contributed by atoms with van der Waals surface area (Å²) in [6.07, 6.45) is 2.08. The van der Waals surface area contributed by atoms with Crippen molar-refractivity contribution < 1.29 is 4.74 Å². The quantitative estimate of drug-likeness (QED) is 0.642. The smallest absolute Gasteiger partial charge is 0.122 e. The van der Waals surface area contributed by atoms with Crippen molar-refractivity contribution in [3.63, 3.8) is 0 Å². The van der Waals surface area contributed by atoms with Gasteiger partial charge in [-0.05, 0) is 38.5 Å². The van der Waals surface area contributed by atoms with Crippen LogP contribution in [0.15, 0.2) is 35.9 Å². The number of hydrogen-bond donors (Lipinski definition) is 0. The number of ether oxygens (including phenoxy) is 1. The maximum Gasteiger partial charge on any atom is 0.122 e. The maximum atomic E-state index is 5.57. The summed E-state index contributed by atoms with van der Waals surface area (Å²) in [5.41, 5.74) is 2.47. The summed E-state index contributed by atoms with van der Waals surface area (Å²) in [6, 6.07) is 8.06. The summed E-state index contributed by atoms with van der Waals surface area (Å²) >= 11 is 0. The van der Waals surface area contributed by atoms with Gasteiger partial charge in [-0.15, -0.1) is 0 Å². The molecule has 0 bridgehead atoms. The topological polar surface area (TPSA) is 9.23 Å². The third-order valence-corrected chi connectivity index (χ3v) is 1.82. The zero-order valence-corrected chi connectivity index (χ0v) is 8.50. The van der Waals surface area contributed by atoms with Gasteiger partial charge in [0.05, 0.1) is 0 Å². The Morgan fingerprint density at radius 2 is 2.00 bits per heavy atom. The van der Waals surface area contributed by atoms with Gasteiger partial charge in [0.25, 0.3) is 0 Å². The van der Waals surface area contributed by atoms with Crippen molar-refractivity contribution in [2.75, 3.05) is 6.61 Å². The molecule has 1 rings (SSSR count). The zero-order valence-electron chi connectivity index (χ0n) is 8.50. The molecule has 1 aromatic rings. The van der Waals surface area contributed by atoms with Gasteiger partial charge in [-0.3, -0.25) is 0 Å². The molecule has 1 aromatic carbocycles. The minimum Gasteiger partial charge on any atom is -0.489 e. The average Bonchev–Trinajstić information content (AvgIpc) is 2.08. The summed E-state index contributed by atoms with van der Waals surface area (Å²) < 4.78 is 5.57. The summed E-state index contributed by atoms with van der Waals surface area (Å²) in [7, 11) is 0. The van der Waals surface area contributed by atoms with E-state index in [1.807, 2.05) is 18.2 Å². The van der Waals surface area contributed by atoms with E-state index in [2.05, 4.69) is 32.9 Å². The van der Waals surface area contributed by atoms with E-state index in [1.54, 1.807) is 0 Å². The molecule has 0 aromatic heterocycles. The minimum absolute atomic E-state index is 0.660. The molecular weight excluding hydrogens is 160 g/mol. The van der Waals surface area contributed by atoms with Crippen molar-refractivity contribution in [1.29, 1.82) is 0 Å². The molecule has 0 spiro atoms. The van der Waals surface area contributed by atoms with Gasteiger partial charge < -0.3 is 4.74 Å². The second-order valence-corrected chi connectivity index (χ2v) is 3.36. The fraction of sp³-hybridized carbons (Fsp3) is 0.333. The first-order chi connectivity index (χ1) is 6.20. The van der Waals surface area contributed by atoms with Crippen molar-refractivity contribution in [2.24, 2.45) is 0 Å².